The van der Waals surface area contributed by atoms with E-state index in [-0.39, 0.29) is 0 Å². The highest BCUT2D eigenvalue weighted by Gasteiger charge is 1.91. The number of nitrogens with zero attached hydrogens (tertiary/aromatic N) is 2. The van der Waals surface area contributed by atoms with Gasteiger partial charge < -0.3 is 4.74 Å². The summed E-state index contributed by atoms with van der Waals surface area (Å²) in [7, 11) is 1.49. The number of ether oxygens (including phenoxy) is 1. The van der Waals surface area contributed by atoms with Crippen molar-refractivity contribution in [2.75, 3.05) is 7.11 Å². The zero-order chi connectivity index (χ0) is 6.69. The van der Waals surface area contributed by atoms with Crippen LogP contribution in [0.5, 0.6) is 5.88 Å². The molecule has 3 nitrogen and oxygen atoms in total. The molecule has 0 saturated heterocycles. The summed E-state index contributed by atoms with van der Waals surface area (Å²) in [4.78, 5) is 0. The maximum Gasteiger partial charge on any atom is 0.241 e. The van der Waals surface area contributed by atoms with Gasteiger partial charge in [0.2, 0.25) is 5.88 Å². The number of halogens is 1. The first kappa shape index (κ1) is 6.29. The van der Waals surface area contributed by atoms with Crippen molar-refractivity contribution >= 4 is 11.6 Å². The fourth-order valence-corrected chi connectivity index (χ4v) is 0.464. The Hall–Kier alpha value is -0.830. The number of hydrogen-bond acceptors (Lipinski definition) is 3. The molecule has 0 spiro atoms. The lowest BCUT2D eigenvalue weighted by Crippen LogP contribution is -1.88. The van der Waals surface area contributed by atoms with Crippen molar-refractivity contribution in [3.8, 4) is 5.88 Å². The van der Waals surface area contributed by atoms with Crippen LogP contribution in [-0.2, 0) is 0 Å². The highest BCUT2D eigenvalue weighted by Crippen LogP contribution is 2.05. The smallest absolute Gasteiger partial charge is 0.241 e. The molecule has 47 valence electrons. The van der Waals surface area contributed by atoms with Crippen LogP contribution >= 0.6 is 11.6 Å². The standard InChI is InChI=1S/C5H4ClN2O/c1-9-5-3-2-4(6)7-8-5/h2H,1H3. The van der Waals surface area contributed by atoms with E-state index in [0.29, 0.717) is 11.0 Å². The molecule has 0 saturated carbocycles. The van der Waals surface area contributed by atoms with E-state index in [1.54, 1.807) is 0 Å². The van der Waals surface area contributed by atoms with Gasteiger partial charge in [-0.2, -0.15) is 0 Å². The van der Waals surface area contributed by atoms with Crippen molar-refractivity contribution < 1.29 is 4.74 Å². The van der Waals surface area contributed by atoms with Crippen LogP contribution in [0, 0.1) is 6.07 Å². The first-order valence-corrected chi connectivity index (χ1v) is 2.65. The van der Waals surface area contributed by atoms with Crippen LogP contribution < -0.4 is 4.74 Å². The van der Waals surface area contributed by atoms with Crippen LogP contribution in [-0.4, -0.2) is 17.3 Å². The summed E-state index contributed by atoms with van der Waals surface area (Å²) in [6, 6.07) is 4.15. The van der Waals surface area contributed by atoms with Gasteiger partial charge in [-0.1, -0.05) is 11.6 Å². The zero-order valence-electron chi connectivity index (χ0n) is 4.76. The molecule has 0 atom stereocenters. The van der Waals surface area contributed by atoms with E-state index in [1.165, 1.54) is 13.2 Å². The molecule has 0 aliphatic heterocycles. The van der Waals surface area contributed by atoms with E-state index in [2.05, 4.69) is 21.0 Å². The van der Waals surface area contributed by atoms with Gasteiger partial charge >= 0.3 is 0 Å². The van der Waals surface area contributed by atoms with Crippen molar-refractivity contribution in [2.24, 2.45) is 0 Å². The third kappa shape index (κ3) is 1.54. The number of methoxy groups -OCH3 is 1. The van der Waals surface area contributed by atoms with Gasteiger partial charge in [0.05, 0.1) is 13.2 Å². The molecule has 1 aromatic rings. The van der Waals surface area contributed by atoms with Crippen LogP contribution in [0.1, 0.15) is 0 Å². The summed E-state index contributed by atoms with van der Waals surface area (Å²) in [5.41, 5.74) is 0. The Kier molecular flexibility index (Phi) is 1.85. The molecule has 1 heterocycles. The topological polar surface area (TPSA) is 35.0 Å². The summed E-state index contributed by atoms with van der Waals surface area (Å²) < 4.78 is 4.68. The van der Waals surface area contributed by atoms with Crippen LogP contribution in [0.3, 0.4) is 0 Å². The van der Waals surface area contributed by atoms with Gasteiger partial charge in [0.25, 0.3) is 0 Å². The Morgan fingerprint density at radius 1 is 1.67 bits per heavy atom. The molecule has 0 unspecified atom stereocenters. The lowest BCUT2D eigenvalue weighted by molar-refractivity contribution is 0.391. The first-order chi connectivity index (χ1) is 4.33. The monoisotopic (exact) mass is 143 g/mol. The second-order valence-electron chi connectivity index (χ2n) is 1.32. The normalized spacial score (nSPS) is 9.11. The molecule has 0 aliphatic carbocycles. The minimum atomic E-state index is 0.316. The maximum atomic E-state index is 5.41. The minimum absolute atomic E-state index is 0.316. The predicted octanol–water partition coefficient (Wildman–Crippen LogP) is 0.939. The molecule has 0 aromatic carbocycles. The molecule has 1 radical (unpaired) electrons. The van der Waals surface area contributed by atoms with Crippen LogP contribution in [0.4, 0.5) is 0 Å². The van der Waals surface area contributed by atoms with Gasteiger partial charge in [0.1, 0.15) is 0 Å². The van der Waals surface area contributed by atoms with E-state index in [9.17, 15) is 0 Å². The van der Waals surface area contributed by atoms with Gasteiger partial charge in [-0.25, -0.2) is 0 Å². The number of aromatic nitrogens is 2. The molecule has 1 rings (SSSR count). The van der Waals surface area contributed by atoms with Crippen molar-refractivity contribution in [1.29, 1.82) is 0 Å². The number of rotatable bonds is 1. The molecule has 0 bridgehead atoms. The van der Waals surface area contributed by atoms with Gasteiger partial charge in [0, 0.05) is 0 Å². The molecule has 0 N–H and O–H groups in total. The summed E-state index contributed by atoms with van der Waals surface area (Å²) in [5, 5.41) is 7.36. The second-order valence-corrected chi connectivity index (χ2v) is 1.71. The second kappa shape index (κ2) is 2.64. The summed E-state index contributed by atoms with van der Waals surface area (Å²) >= 11 is 5.41. The van der Waals surface area contributed by atoms with E-state index in [1.807, 2.05) is 0 Å². The summed E-state index contributed by atoms with van der Waals surface area (Å²) in [6.07, 6.45) is 0. The predicted molar refractivity (Wildman–Crippen MR) is 32.4 cm³/mol. The average Bonchev–Trinajstić information content (AvgIpc) is 1.90. The van der Waals surface area contributed by atoms with Crippen LogP contribution in [0.25, 0.3) is 0 Å². The van der Waals surface area contributed by atoms with Crippen LogP contribution in [0.2, 0.25) is 5.15 Å². The van der Waals surface area contributed by atoms with Crippen molar-refractivity contribution in [3.63, 3.8) is 0 Å². The molecule has 4 heteroatoms. The zero-order valence-corrected chi connectivity index (χ0v) is 5.51. The summed E-state index contributed by atoms with van der Waals surface area (Å²) in [6.45, 7) is 0. The quantitative estimate of drug-likeness (QED) is 0.587. The Balaban J connectivity index is 2.88. The Labute approximate surface area is 57.6 Å². The largest absolute Gasteiger partial charge is 0.479 e. The lowest BCUT2D eigenvalue weighted by atomic mass is 10.6. The Bertz CT molecular complexity index is 187. The third-order valence-electron chi connectivity index (χ3n) is 0.744. The lowest BCUT2D eigenvalue weighted by Gasteiger charge is -1.92. The Morgan fingerprint density at radius 2 is 2.44 bits per heavy atom. The van der Waals surface area contributed by atoms with Crippen molar-refractivity contribution in [3.05, 3.63) is 17.3 Å². The molecule has 1 aromatic heterocycles. The Morgan fingerprint density at radius 3 is 2.89 bits per heavy atom. The molecule has 0 fully saturated rings. The van der Waals surface area contributed by atoms with Gasteiger partial charge in [-0.05, 0) is 6.07 Å². The van der Waals surface area contributed by atoms with E-state index in [0.717, 1.165) is 0 Å². The van der Waals surface area contributed by atoms with E-state index < -0.39 is 0 Å². The fraction of sp³-hybridized carbons (Fsp3) is 0.200. The van der Waals surface area contributed by atoms with Crippen molar-refractivity contribution in [1.82, 2.24) is 10.2 Å². The summed E-state index contributed by atoms with van der Waals surface area (Å²) in [5.74, 6) is 0.347. The number of hydrogen-bond donors (Lipinski definition) is 0. The minimum Gasteiger partial charge on any atom is -0.479 e. The molecule has 9 heavy (non-hydrogen) atoms. The SMILES string of the molecule is COc1[c]cc(Cl)nn1. The van der Waals surface area contributed by atoms with E-state index in [4.69, 9.17) is 11.6 Å². The molecular weight excluding hydrogens is 140 g/mol. The van der Waals surface area contributed by atoms with E-state index >= 15 is 0 Å². The highest BCUT2D eigenvalue weighted by molar-refractivity contribution is 6.29. The molecular formula is C5H4ClN2O. The van der Waals surface area contributed by atoms with Crippen molar-refractivity contribution in [2.45, 2.75) is 0 Å². The van der Waals surface area contributed by atoms with Gasteiger partial charge in [0.15, 0.2) is 5.15 Å². The average molecular weight is 144 g/mol. The third-order valence-corrected chi connectivity index (χ3v) is 0.929. The first-order valence-electron chi connectivity index (χ1n) is 2.28. The molecule has 0 amide bonds. The van der Waals surface area contributed by atoms with Gasteiger partial charge in [-0.3, -0.25) is 0 Å². The highest BCUT2D eigenvalue weighted by atomic mass is 35.5. The molecule has 0 aliphatic rings. The fourth-order valence-electron chi connectivity index (χ4n) is 0.372. The van der Waals surface area contributed by atoms with Crippen LogP contribution in [0.15, 0.2) is 6.07 Å². The maximum absolute atomic E-state index is 5.41. The van der Waals surface area contributed by atoms with Gasteiger partial charge in [-0.15, -0.1) is 10.2 Å².